The molecule has 0 aromatic heterocycles. The van der Waals surface area contributed by atoms with Crippen LogP contribution < -0.4 is 4.74 Å². The lowest BCUT2D eigenvalue weighted by Crippen LogP contribution is -2.42. The Morgan fingerprint density at radius 3 is 2.53 bits per heavy atom. The number of rotatable bonds is 3. The molecule has 0 amide bonds. The van der Waals surface area contributed by atoms with E-state index in [-0.39, 0.29) is 22.7 Å². The third-order valence-corrected chi connectivity index (χ3v) is 3.30. The number of aliphatic carboxylic acids is 1. The van der Waals surface area contributed by atoms with E-state index in [9.17, 15) is 14.3 Å². The zero-order valence-corrected chi connectivity index (χ0v) is 11.1. The Bertz CT molecular complexity index is 430. The fourth-order valence-electron chi connectivity index (χ4n) is 2.22. The van der Waals surface area contributed by atoms with Crippen LogP contribution in [-0.4, -0.2) is 18.2 Å². The zero-order chi connectivity index (χ0) is 11.8. The van der Waals surface area contributed by atoms with Gasteiger partial charge in [-0.15, -0.1) is 17.0 Å². The zero-order valence-electron chi connectivity index (χ0n) is 9.40. The number of methoxy groups -OCH3 is 1. The summed E-state index contributed by atoms with van der Waals surface area (Å²) in [6.45, 7) is 0. The molecule has 94 valence electrons. The van der Waals surface area contributed by atoms with E-state index >= 15 is 0 Å². The topological polar surface area (TPSA) is 46.5 Å². The number of hydrogen-bond acceptors (Lipinski definition) is 2. The van der Waals surface area contributed by atoms with Gasteiger partial charge in [0.25, 0.3) is 0 Å². The summed E-state index contributed by atoms with van der Waals surface area (Å²) in [5.41, 5.74) is -0.498. The van der Waals surface area contributed by atoms with Crippen LogP contribution in [-0.2, 0) is 10.2 Å². The molecule has 0 aliphatic heterocycles. The highest BCUT2D eigenvalue weighted by Crippen LogP contribution is 2.47. The van der Waals surface area contributed by atoms with Gasteiger partial charge in [-0.05, 0) is 18.9 Å². The second-order valence-corrected chi connectivity index (χ2v) is 4.06. The van der Waals surface area contributed by atoms with Gasteiger partial charge in [-0.3, -0.25) is 4.79 Å². The Kier molecular flexibility index (Phi) is 4.14. The fraction of sp³-hybridized carbons (Fsp3) is 0.417. The molecule has 0 heterocycles. The molecule has 1 fully saturated rings. The number of benzene rings is 1. The molecule has 0 radical (unpaired) electrons. The highest BCUT2D eigenvalue weighted by molar-refractivity contribution is 8.93. The number of ether oxygens (including phenoxy) is 1. The molecule has 1 aromatic carbocycles. The van der Waals surface area contributed by atoms with Crippen LogP contribution in [0.4, 0.5) is 4.39 Å². The summed E-state index contributed by atoms with van der Waals surface area (Å²) in [6.07, 6.45) is 1.94. The second kappa shape index (κ2) is 5.04. The minimum atomic E-state index is -0.951. The van der Waals surface area contributed by atoms with Gasteiger partial charge in [0.15, 0.2) is 11.6 Å². The second-order valence-electron chi connectivity index (χ2n) is 4.06. The Morgan fingerprint density at radius 1 is 1.47 bits per heavy atom. The summed E-state index contributed by atoms with van der Waals surface area (Å²) < 4.78 is 18.5. The molecule has 5 heteroatoms. The van der Waals surface area contributed by atoms with Gasteiger partial charge in [0.05, 0.1) is 12.5 Å². The molecule has 0 spiro atoms. The van der Waals surface area contributed by atoms with Crippen LogP contribution in [0.25, 0.3) is 0 Å². The molecule has 0 unspecified atom stereocenters. The average molecular weight is 305 g/mol. The monoisotopic (exact) mass is 304 g/mol. The van der Waals surface area contributed by atoms with E-state index in [1.54, 1.807) is 6.07 Å². The van der Waals surface area contributed by atoms with Crippen molar-refractivity contribution in [3.63, 3.8) is 0 Å². The molecule has 2 rings (SSSR count). The van der Waals surface area contributed by atoms with Gasteiger partial charge >= 0.3 is 5.97 Å². The van der Waals surface area contributed by atoms with Crippen molar-refractivity contribution in [2.75, 3.05) is 7.11 Å². The molecular formula is C12H14BrFO3. The van der Waals surface area contributed by atoms with E-state index in [2.05, 4.69) is 0 Å². The van der Waals surface area contributed by atoms with E-state index in [0.29, 0.717) is 18.4 Å². The van der Waals surface area contributed by atoms with Crippen LogP contribution in [0.5, 0.6) is 5.75 Å². The third kappa shape index (κ3) is 2.04. The molecule has 1 aliphatic rings. The first-order chi connectivity index (χ1) is 7.62. The fourth-order valence-corrected chi connectivity index (χ4v) is 2.22. The molecule has 17 heavy (non-hydrogen) atoms. The maximum atomic E-state index is 13.5. The SMILES string of the molecule is Br.COc1c(F)cccc1C1(C(=O)O)CCC1. The molecule has 0 bridgehead atoms. The lowest BCUT2D eigenvalue weighted by atomic mass is 9.64. The Hall–Kier alpha value is -1.10. The predicted molar refractivity (Wildman–Crippen MR) is 66.4 cm³/mol. The Labute approximate surface area is 109 Å². The van der Waals surface area contributed by atoms with Crippen LogP contribution >= 0.6 is 17.0 Å². The summed E-state index contributed by atoms with van der Waals surface area (Å²) in [7, 11) is 1.36. The first-order valence-corrected chi connectivity index (χ1v) is 5.18. The van der Waals surface area contributed by atoms with Crippen molar-refractivity contribution in [1.82, 2.24) is 0 Å². The van der Waals surface area contributed by atoms with Crippen LogP contribution in [0, 0.1) is 5.82 Å². The van der Waals surface area contributed by atoms with E-state index in [1.807, 2.05) is 0 Å². The normalized spacial score (nSPS) is 16.6. The lowest BCUT2D eigenvalue weighted by molar-refractivity contribution is -0.147. The summed E-state index contributed by atoms with van der Waals surface area (Å²) in [5.74, 6) is -1.35. The molecule has 0 atom stereocenters. The largest absolute Gasteiger partial charge is 0.493 e. The number of carboxylic acids is 1. The van der Waals surface area contributed by atoms with Crippen molar-refractivity contribution in [3.05, 3.63) is 29.6 Å². The number of hydrogen-bond donors (Lipinski definition) is 1. The molecule has 3 nitrogen and oxygen atoms in total. The summed E-state index contributed by atoms with van der Waals surface area (Å²) >= 11 is 0. The van der Waals surface area contributed by atoms with E-state index in [1.165, 1.54) is 19.2 Å². The number of para-hydroxylation sites is 1. The smallest absolute Gasteiger partial charge is 0.314 e. The first-order valence-electron chi connectivity index (χ1n) is 5.18. The minimum Gasteiger partial charge on any atom is -0.493 e. The average Bonchev–Trinajstić information content (AvgIpc) is 2.15. The van der Waals surface area contributed by atoms with E-state index in [4.69, 9.17) is 4.74 Å². The maximum Gasteiger partial charge on any atom is 0.314 e. The molecule has 0 saturated heterocycles. The molecule has 1 saturated carbocycles. The summed E-state index contributed by atoms with van der Waals surface area (Å²) in [5, 5.41) is 9.27. The number of carbonyl (C=O) groups is 1. The van der Waals surface area contributed by atoms with Crippen molar-refractivity contribution >= 4 is 23.0 Å². The highest BCUT2D eigenvalue weighted by Gasteiger charge is 2.48. The Balaban J connectivity index is 0.00000144. The van der Waals surface area contributed by atoms with Gasteiger partial charge in [-0.2, -0.15) is 0 Å². The van der Waals surface area contributed by atoms with Crippen LogP contribution in [0.2, 0.25) is 0 Å². The van der Waals surface area contributed by atoms with Gasteiger partial charge in [-0.1, -0.05) is 18.6 Å². The van der Waals surface area contributed by atoms with E-state index in [0.717, 1.165) is 6.42 Å². The van der Waals surface area contributed by atoms with Gasteiger partial charge in [-0.25, -0.2) is 4.39 Å². The lowest BCUT2D eigenvalue weighted by Gasteiger charge is -2.38. The van der Waals surface area contributed by atoms with Crippen LogP contribution in [0.15, 0.2) is 18.2 Å². The quantitative estimate of drug-likeness (QED) is 0.934. The third-order valence-electron chi connectivity index (χ3n) is 3.30. The molecule has 1 aromatic rings. The van der Waals surface area contributed by atoms with Crippen LogP contribution in [0.1, 0.15) is 24.8 Å². The minimum absolute atomic E-state index is 0. The van der Waals surface area contributed by atoms with Gasteiger partial charge in [0.1, 0.15) is 0 Å². The highest BCUT2D eigenvalue weighted by atomic mass is 79.9. The van der Waals surface area contributed by atoms with Gasteiger partial charge in [0.2, 0.25) is 0 Å². The first kappa shape index (κ1) is 14.0. The number of halogens is 2. The van der Waals surface area contributed by atoms with Crippen LogP contribution in [0.3, 0.4) is 0 Å². The molecule has 1 aliphatic carbocycles. The molecule has 1 N–H and O–H groups in total. The summed E-state index contributed by atoms with van der Waals surface area (Å²) in [4.78, 5) is 11.3. The van der Waals surface area contributed by atoms with Crippen molar-refractivity contribution < 1.29 is 19.0 Å². The van der Waals surface area contributed by atoms with Crippen molar-refractivity contribution in [2.24, 2.45) is 0 Å². The van der Waals surface area contributed by atoms with Crippen molar-refractivity contribution in [1.29, 1.82) is 0 Å². The molecular weight excluding hydrogens is 291 g/mol. The predicted octanol–water partition coefficient (Wildman–Crippen LogP) is 2.92. The number of carboxylic acid groups (broad SMARTS) is 1. The maximum absolute atomic E-state index is 13.5. The van der Waals surface area contributed by atoms with Crippen molar-refractivity contribution in [2.45, 2.75) is 24.7 Å². The van der Waals surface area contributed by atoms with Crippen molar-refractivity contribution in [3.8, 4) is 5.75 Å². The summed E-state index contributed by atoms with van der Waals surface area (Å²) in [6, 6.07) is 4.43. The van der Waals surface area contributed by atoms with E-state index < -0.39 is 17.2 Å². The van der Waals surface area contributed by atoms with Gasteiger partial charge in [0, 0.05) is 5.56 Å². The van der Waals surface area contributed by atoms with Gasteiger partial charge < -0.3 is 9.84 Å². The standard InChI is InChI=1S/C12H13FO3.BrH/c1-16-10-8(4-2-5-9(10)13)12(11(14)15)6-3-7-12;/h2,4-5H,3,6-7H2,1H3,(H,14,15);1H. The Morgan fingerprint density at radius 2 is 2.12 bits per heavy atom.